The molecule has 1 heteroatoms. The third-order valence-corrected chi connectivity index (χ3v) is 3.06. The maximum atomic E-state index is 13.4. The molecular formula is C17H19F. The molecule has 0 N–H and O–H groups in total. The largest absolute Gasteiger partial charge is 0.207 e. The number of aryl methyl sites for hydroxylation is 1. The molecule has 0 saturated carbocycles. The number of benzene rings is 2. The van der Waals surface area contributed by atoms with Gasteiger partial charge in [-0.1, -0.05) is 49.7 Å². The van der Waals surface area contributed by atoms with Gasteiger partial charge >= 0.3 is 0 Å². The van der Waals surface area contributed by atoms with E-state index in [9.17, 15) is 4.39 Å². The average Bonchev–Trinajstić information content (AvgIpc) is 2.30. The maximum Gasteiger partial charge on any atom is 0.123 e. The van der Waals surface area contributed by atoms with E-state index < -0.39 is 0 Å². The highest BCUT2D eigenvalue weighted by atomic mass is 19.1. The molecule has 2 rings (SSSR count). The molecule has 0 fully saturated rings. The van der Waals surface area contributed by atoms with Crippen molar-refractivity contribution in [3.8, 4) is 11.1 Å². The molecule has 0 radical (unpaired) electrons. The zero-order chi connectivity index (χ0) is 13.1. The van der Waals surface area contributed by atoms with Gasteiger partial charge in [0, 0.05) is 0 Å². The van der Waals surface area contributed by atoms with E-state index in [-0.39, 0.29) is 5.82 Å². The van der Waals surface area contributed by atoms with E-state index >= 15 is 0 Å². The lowest BCUT2D eigenvalue weighted by Gasteiger charge is -2.12. The Morgan fingerprint density at radius 3 is 2.28 bits per heavy atom. The van der Waals surface area contributed by atoms with Gasteiger partial charge in [0.2, 0.25) is 0 Å². The highest BCUT2D eigenvalue weighted by molar-refractivity contribution is 5.67. The van der Waals surface area contributed by atoms with Gasteiger partial charge < -0.3 is 0 Å². The lowest BCUT2D eigenvalue weighted by atomic mass is 9.93. The Kier molecular flexibility index (Phi) is 3.81. The zero-order valence-corrected chi connectivity index (χ0v) is 11.2. The summed E-state index contributed by atoms with van der Waals surface area (Å²) in [7, 11) is 0. The standard InChI is InChI=1S/C17H19F/c1-12(2)10-15-11-16(18)8-9-17(15)14-6-4-13(3)5-7-14/h4-9,11-12H,10H2,1-3H3. The van der Waals surface area contributed by atoms with Crippen molar-refractivity contribution in [3.05, 3.63) is 59.4 Å². The van der Waals surface area contributed by atoms with Crippen LogP contribution in [0.1, 0.15) is 25.0 Å². The van der Waals surface area contributed by atoms with Gasteiger partial charge in [0.1, 0.15) is 5.82 Å². The van der Waals surface area contributed by atoms with Crippen LogP contribution in [0.25, 0.3) is 11.1 Å². The maximum absolute atomic E-state index is 13.4. The van der Waals surface area contributed by atoms with E-state index in [1.165, 1.54) is 5.56 Å². The number of hydrogen-bond donors (Lipinski definition) is 0. The quantitative estimate of drug-likeness (QED) is 0.710. The normalized spacial score (nSPS) is 10.9. The van der Waals surface area contributed by atoms with Crippen molar-refractivity contribution in [2.24, 2.45) is 5.92 Å². The first-order valence-electron chi connectivity index (χ1n) is 6.41. The van der Waals surface area contributed by atoms with Gasteiger partial charge in [-0.2, -0.15) is 0 Å². The first kappa shape index (κ1) is 12.8. The molecule has 0 nitrogen and oxygen atoms in total. The molecule has 2 aromatic rings. The monoisotopic (exact) mass is 242 g/mol. The second kappa shape index (κ2) is 5.34. The van der Waals surface area contributed by atoms with E-state index in [4.69, 9.17) is 0 Å². The number of halogens is 1. The predicted molar refractivity (Wildman–Crippen MR) is 75.1 cm³/mol. The molecular weight excluding hydrogens is 223 g/mol. The molecule has 0 aliphatic carbocycles. The highest BCUT2D eigenvalue weighted by Gasteiger charge is 2.08. The van der Waals surface area contributed by atoms with E-state index in [0.29, 0.717) is 5.92 Å². The molecule has 0 amide bonds. The number of rotatable bonds is 3. The minimum atomic E-state index is -0.151. The topological polar surface area (TPSA) is 0 Å². The van der Waals surface area contributed by atoms with Gasteiger partial charge in [0.05, 0.1) is 0 Å². The van der Waals surface area contributed by atoms with Crippen molar-refractivity contribution < 1.29 is 4.39 Å². The third-order valence-electron chi connectivity index (χ3n) is 3.06. The van der Waals surface area contributed by atoms with Crippen LogP contribution in [0.15, 0.2) is 42.5 Å². The predicted octanol–water partition coefficient (Wildman–Crippen LogP) is 5.00. The van der Waals surface area contributed by atoms with Crippen LogP contribution in [0, 0.1) is 18.7 Å². The Bertz CT molecular complexity index is 524. The average molecular weight is 242 g/mol. The molecule has 0 saturated heterocycles. The van der Waals surface area contributed by atoms with Crippen molar-refractivity contribution in [2.75, 3.05) is 0 Å². The van der Waals surface area contributed by atoms with E-state index in [1.54, 1.807) is 12.1 Å². The molecule has 0 bridgehead atoms. The van der Waals surface area contributed by atoms with Crippen molar-refractivity contribution in [1.82, 2.24) is 0 Å². The Morgan fingerprint density at radius 2 is 1.67 bits per heavy atom. The third kappa shape index (κ3) is 2.98. The Morgan fingerprint density at radius 1 is 1.00 bits per heavy atom. The molecule has 0 spiro atoms. The van der Waals surface area contributed by atoms with Crippen LogP contribution >= 0.6 is 0 Å². The molecule has 0 unspecified atom stereocenters. The Balaban J connectivity index is 2.45. The fourth-order valence-corrected chi connectivity index (χ4v) is 2.19. The first-order chi connectivity index (χ1) is 8.56. The fraction of sp³-hybridized carbons (Fsp3) is 0.294. The van der Waals surface area contributed by atoms with E-state index in [0.717, 1.165) is 23.1 Å². The van der Waals surface area contributed by atoms with Crippen LogP contribution in [0.4, 0.5) is 4.39 Å². The lowest BCUT2D eigenvalue weighted by molar-refractivity contribution is 0.613. The summed E-state index contributed by atoms with van der Waals surface area (Å²) in [6, 6.07) is 13.5. The molecule has 0 aromatic heterocycles. The Hall–Kier alpha value is -1.63. The van der Waals surface area contributed by atoms with Gasteiger partial charge in [-0.25, -0.2) is 4.39 Å². The minimum absolute atomic E-state index is 0.151. The Labute approximate surface area is 108 Å². The van der Waals surface area contributed by atoms with Gasteiger partial charge in [-0.15, -0.1) is 0 Å². The van der Waals surface area contributed by atoms with Crippen molar-refractivity contribution >= 4 is 0 Å². The van der Waals surface area contributed by atoms with Crippen LogP contribution in [0.5, 0.6) is 0 Å². The molecule has 0 heterocycles. The molecule has 2 aromatic carbocycles. The second-order valence-corrected chi connectivity index (χ2v) is 5.27. The summed E-state index contributed by atoms with van der Waals surface area (Å²) in [5.41, 5.74) is 4.64. The van der Waals surface area contributed by atoms with E-state index in [2.05, 4.69) is 45.0 Å². The summed E-state index contributed by atoms with van der Waals surface area (Å²) >= 11 is 0. The van der Waals surface area contributed by atoms with Crippen LogP contribution in [-0.2, 0) is 6.42 Å². The van der Waals surface area contributed by atoms with E-state index in [1.807, 2.05) is 6.07 Å². The van der Waals surface area contributed by atoms with Crippen LogP contribution in [-0.4, -0.2) is 0 Å². The second-order valence-electron chi connectivity index (χ2n) is 5.27. The summed E-state index contributed by atoms with van der Waals surface area (Å²) in [4.78, 5) is 0. The van der Waals surface area contributed by atoms with Gasteiger partial charge in [-0.3, -0.25) is 0 Å². The lowest BCUT2D eigenvalue weighted by Crippen LogP contribution is -1.98. The molecule has 0 atom stereocenters. The SMILES string of the molecule is Cc1ccc(-c2ccc(F)cc2CC(C)C)cc1. The summed E-state index contributed by atoms with van der Waals surface area (Å²) in [5.74, 6) is 0.373. The van der Waals surface area contributed by atoms with Crippen molar-refractivity contribution in [3.63, 3.8) is 0 Å². The van der Waals surface area contributed by atoms with Gasteiger partial charge in [0.25, 0.3) is 0 Å². The van der Waals surface area contributed by atoms with Crippen LogP contribution < -0.4 is 0 Å². The van der Waals surface area contributed by atoms with Gasteiger partial charge in [0.15, 0.2) is 0 Å². The molecule has 94 valence electrons. The molecule has 0 aliphatic heterocycles. The summed E-state index contributed by atoms with van der Waals surface area (Å²) in [5, 5.41) is 0. The van der Waals surface area contributed by atoms with Crippen LogP contribution in [0.2, 0.25) is 0 Å². The molecule has 0 aliphatic rings. The summed E-state index contributed by atoms with van der Waals surface area (Å²) in [6.45, 7) is 6.39. The minimum Gasteiger partial charge on any atom is -0.207 e. The van der Waals surface area contributed by atoms with Crippen LogP contribution in [0.3, 0.4) is 0 Å². The summed E-state index contributed by atoms with van der Waals surface area (Å²) < 4.78 is 13.4. The first-order valence-corrected chi connectivity index (χ1v) is 6.41. The smallest absolute Gasteiger partial charge is 0.123 e. The highest BCUT2D eigenvalue weighted by Crippen LogP contribution is 2.26. The van der Waals surface area contributed by atoms with Gasteiger partial charge in [-0.05, 0) is 48.1 Å². The molecule has 18 heavy (non-hydrogen) atoms. The summed E-state index contributed by atoms with van der Waals surface area (Å²) in [6.07, 6.45) is 0.904. The van der Waals surface area contributed by atoms with Crippen molar-refractivity contribution in [1.29, 1.82) is 0 Å². The zero-order valence-electron chi connectivity index (χ0n) is 11.2. The fourth-order valence-electron chi connectivity index (χ4n) is 2.19. The number of hydrogen-bond acceptors (Lipinski definition) is 0. The van der Waals surface area contributed by atoms with Crippen molar-refractivity contribution in [2.45, 2.75) is 27.2 Å².